The van der Waals surface area contributed by atoms with E-state index in [-0.39, 0.29) is 11.2 Å². The Morgan fingerprint density at radius 3 is 2.42 bits per heavy atom. The first-order valence-electron chi connectivity index (χ1n) is 6.75. The van der Waals surface area contributed by atoms with Gasteiger partial charge in [0.1, 0.15) is 0 Å². The number of hydrogen-bond acceptors (Lipinski definition) is 2. The van der Waals surface area contributed by atoms with E-state index in [1.165, 1.54) is 19.3 Å². The first-order valence-corrected chi connectivity index (χ1v) is 7.50. The monoisotopic (exact) mass is 299 g/mol. The van der Waals surface area contributed by atoms with E-state index in [9.17, 15) is 4.79 Å². The van der Waals surface area contributed by atoms with Gasteiger partial charge >= 0.3 is 0 Å². The third-order valence-corrected chi connectivity index (χ3v) is 4.86. The summed E-state index contributed by atoms with van der Waals surface area (Å²) >= 11 is 11.8. The van der Waals surface area contributed by atoms with Crippen molar-refractivity contribution >= 4 is 29.0 Å². The summed E-state index contributed by atoms with van der Waals surface area (Å²) in [5.74, 6) is 0.117. The molecular weight excluding hydrogens is 281 g/mol. The third kappa shape index (κ3) is 3.50. The minimum Gasteiger partial charge on any atom is -0.330 e. The smallest absolute Gasteiger partial charge is 0.163 e. The second-order valence-corrected chi connectivity index (χ2v) is 6.31. The zero-order chi connectivity index (χ0) is 13.9. The first kappa shape index (κ1) is 14.8. The minimum absolute atomic E-state index is 0.0125. The Morgan fingerprint density at radius 2 is 1.84 bits per heavy atom. The van der Waals surface area contributed by atoms with Gasteiger partial charge in [-0.2, -0.15) is 0 Å². The van der Waals surface area contributed by atoms with E-state index in [0.29, 0.717) is 28.6 Å². The van der Waals surface area contributed by atoms with Gasteiger partial charge in [-0.3, -0.25) is 4.79 Å². The van der Waals surface area contributed by atoms with Crippen LogP contribution in [-0.2, 0) is 0 Å². The SMILES string of the molecule is NCC1(CC(=O)c2ccc(Cl)c(Cl)c2)CCCCC1. The Hall–Kier alpha value is -0.570. The summed E-state index contributed by atoms with van der Waals surface area (Å²) in [6.07, 6.45) is 6.22. The molecule has 0 heterocycles. The molecule has 0 unspecified atom stereocenters. The lowest BCUT2D eigenvalue weighted by atomic mass is 9.70. The lowest BCUT2D eigenvalue weighted by Gasteiger charge is -2.35. The van der Waals surface area contributed by atoms with Gasteiger partial charge in [-0.05, 0) is 43.0 Å². The number of Topliss-reactive ketones (excluding diaryl/α,β-unsaturated/α-hetero) is 1. The van der Waals surface area contributed by atoms with Crippen molar-refractivity contribution in [3.8, 4) is 0 Å². The van der Waals surface area contributed by atoms with Crippen molar-refractivity contribution in [2.24, 2.45) is 11.1 Å². The molecule has 1 aliphatic carbocycles. The fraction of sp³-hybridized carbons (Fsp3) is 0.533. The van der Waals surface area contributed by atoms with Gasteiger partial charge in [-0.25, -0.2) is 0 Å². The summed E-state index contributed by atoms with van der Waals surface area (Å²) in [6, 6.07) is 5.07. The van der Waals surface area contributed by atoms with Gasteiger partial charge in [-0.15, -0.1) is 0 Å². The minimum atomic E-state index is -0.0125. The second-order valence-electron chi connectivity index (χ2n) is 5.49. The number of benzene rings is 1. The number of nitrogens with two attached hydrogens (primary N) is 1. The number of hydrogen-bond donors (Lipinski definition) is 1. The molecular formula is C15H19Cl2NO. The molecule has 0 atom stereocenters. The zero-order valence-corrected chi connectivity index (χ0v) is 12.4. The molecule has 1 aromatic carbocycles. The molecule has 1 aliphatic rings. The highest BCUT2D eigenvalue weighted by Crippen LogP contribution is 2.39. The largest absolute Gasteiger partial charge is 0.330 e. The van der Waals surface area contributed by atoms with Gasteiger partial charge in [0, 0.05) is 12.0 Å². The summed E-state index contributed by atoms with van der Waals surface area (Å²) in [7, 11) is 0. The molecule has 0 radical (unpaired) electrons. The molecule has 0 spiro atoms. The van der Waals surface area contributed by atoms with Crippen molar-refractivity contribution < 1.29 is 4.79 Å². The van der Waals surface area contributed by atoms with Crippen LogP contribution in [0.3, 0.4) is 0 Å². The van der Waals surface area contributed by atoms with Crippen LogP contribution >= 0.6 is 23.2 Å². The molecule has 1 fully saturated rings. The van der Waals surface area contributed by atoms with Crippen LogP contribution in [0.4, 0.5) is 0 Å². The van der Waals surface area contributed by atoms with Gasteiger partial charge in [0.15, 0.2) is 5.78 Å². The van der Waals surface area contributed by atoms with E-state index in [4.69, 9.17) is 28.9 Å². The average Bonchev–Trinajstić information content (AvgIpc) is 2.43. The standard InChI is InChI=1S/C15H19Cl2NO/c16-12-5-4-11(8-13(12)17)14(19)9-15(10-18)6-2-1-3-7-15/h4-5,8H,1-3,6-7,9-10,18H2. The quantitative estimate of drug-likeness (QED) is 0.833. The van der Waals surface area contributed by atoms with E-state index >= 15 is 0 Å². The van der Waals surface area contributed by atoms with Crippen molar-refractivity contribution in [3.63, 3.8) is 0 Å². The summed E-state index contributed by atoms with van der Waals surface area (Å²) < 4.78 is 0. The molecule has 4 heteroatoms. The molecule has 2 rings (SSSR count). The molecule has 0 bridgehead atoms. The molecule has 0 aromatic heterocycles. The van der Waals surface area contributed by atoms with Crippen LogP contribution in [0.2, 0.25) is 10.0 Å². The highest BCUT2D eigenvalue weighted by atomic mass is 35.5. The van der Waals surface area contributed by atoms with Gasteiger partial charge in [0.05, 0.1) is 10.0 Å². The van der Waals surface area contributed by atoms with Crippen molar-refractivity contribution in [1.29, 1.82) is 0 Å². The Balaban J connectivity index is 2.12. The summed E-state index contributed by atoms with van der Waals surface area (Å²) in [4.78, 5) is 12.4. The van der Waals surface area contributed by atoms with Crippen LogP contribution in [0.1, 0.15) is 48.9 Å². The predicted octanol–water partition coefficient (Wildman–Crippen LogP) is 4.48. The van der Waals surface area contributed by atoms with Gasteiger partial charge in [0.25, 0.3) is 0 Å². The van der Waals surface area contributed by atoms with Crippen molar-refractivity contribution in [2.75, 3.05) is 6.54 Å². The molecule has 0 aliphatic heterocycles. The second kappa shape index (κ2) is 6.25. The molecule has 1 aromatic rings. The normalized spacial score (nSPS) is 18.3. The van der Waals surface area contributed by atoms with Crippen LogP contribution in [0, 0.1) is 5.41 Å². The van der Waals surface area contributed by atoms with Crippen molar-refractivity contribution in [3.05, 3.63) is 33.8 Å². The number of halogens is 2. The Labute approximate surface area is 124 Å². The maximum absolute atomic E-state index is 12.4. The molecule has 2 N–H and O–H groups in total. The van der Waals surface area contributed by atoms with Crippen LogP contribution < -0.4 is 5.73 Å². The maximum atomic E-state index is 12.4. The van der Waals surface area contributed by atoms with Gasteiger partial charge in [0.2, 0.25) is 0 Å². The highest BCUT2D eigenvalue weighted by Gasteiger charge is 2.33. The molecule has 1 saturated carbocycles. The van der Waals surface area contributed by atoms with Crippen molar-refractivity contribution in [2.45, 2.75) is 38.5 Å². The Morgan fingerprint density at radius 1 is 1.16 bits per heavy atom. The van der Waals surface area contributed by atoms with E-state index in [0.717, 1.165) is 12.8 Å². The van der Waals surface area contributed by atoms with Crippen LogP contribution in [0.25, 0.3) is 0 Å². The summed E-state index contributed by atoms with van der Waals surface area (Å²) in [6.45, 7) is 0.583. The van der Waals surface area contributed by atoms with Gasteiger partial charge in [-0.1, -0.05) is 42.5 Å². The lowest BCUT2D eigenvalue weighted by molar-refractivity contribution is 0.0868. The summed E-state index contributed by atoms with van der Waals surface area (Å²) in [5.41, 5.74) is 6.54. The van der Waals surface area contributed by atoms with E-state index in [1.807, 2.05) is 0 Å². The molecule has 19 heavy (non-hydrogen) atoms. The van der Waals surface area contributed by atoms with Gasteiger partial charge < -0.3 is 5.73 Å². The third-order valence-electron chi connectivity index (χ3n) is 4.12. The molecule has 0 saturated heterocycles. The van der Waals surface area contributed by atoms with E-state index < -0.39 is 0 Å². The van der Waals surface area contributed by atoms with Crippen molar-refractivity contribution in [1.82, 2.24) is 0 Å². The van der Waals surface area contributed by atoms with E-state index in [2.05, 4.69) is 0 Å². The number of carbonyl (C=O) groups is 1. The van der Waals surface area contributed by atoms with Crippen LogP contribution in [0.15, 0.2) is 18.2 Å². The topological polar surface area (TPSA) is 43.1 Å². The predicted molar refractivity (Wildman–Crippen MR) is 80.0 cm³/mol. The lowest BCUT2D eigenvalue weighted by Crippen LogP contribution is -2.35. The number of rotatable bonds is 4. The maximum Gasteiger partial charge on any atom is 0.163 e. The fourth-order valence-electron chi connectivity index (χ4n) is 2.87. The number of ketones is 1. The number of carbonyl (C=O) groups excluding carboxylic acids is 1. The zero-order valence-electron chi connectivity index (χ0n) is 10.9. The average molecular weight is 300 g/mol. The highest BCUT2D eigenvalue weighted by molar-refractivity contribution is 6.42. The summed E-state index contributed by atoms with van der Waals surface area (Å²) in [5, 5.41) is 0.905. The van der Waals surface area contributed by atoms with Crippen LogP contribution in [0.5, 0.6) is 0 Å². The molecule has 2 nitrogen and oxygen atoms in total. The van der Waals surface area contributed by atoms with E-state index in [1.54, 1.807) is 18.2 Å². The first-order chi connectivity index (χ1) is 9.06. The fourth-order valence-corrected chi connectivity index (χ4v) is 3.17. The van der Waals surface area contributed by atoms with Crippen LogP contribution in [-0.4, -0.2) is 12.3 Å². The molecule has 104 valence electrons. The Kier molecular flexibility index (Phi) is 4.88. The Bertz CT molecular complexity index is 467. The molecule has 0 amide bonds.